The Balaban J connectivity index is 1.25. The van der Waals surface area contributed by atoms with Gasteiger partial charge in [-0.3, -0.25) is 9.59 Å². The lowest BCUT2D eigenvalue weighted by Gasteiger charge is -2.30. The van der Waals surface area contributed by atoms with Crippen LogP contribution in [0.5, 0.6) is 5.75 Å². The maximum absolute atomic E-state index is 13.3. The fraction of sp³-hybridized carbons (Fsp3) is 0.469. The lowest BCUT2D eigenvalue weighted by Crippen LogP contribution is -2.45. The number of aromatic nitrogens is 3. The summed E-state index contributed by atoms with van der Waals surface area (Å²) in [6, 6.07) is 12.4. The molecular weight excluding hydrogens is 516 g/mol. The van der Waals surface area contributed by atoms with E-state index in [4.69, 9.17) is 15.6 Å². The standard InChI is InChI=1S/C32H38N6O3/c1-20-26-11-10-24(32(40)36-12-4-6-25(33)18-36)17-38(26)34-30(20)27-14-23-5-3-7-28(31(23)37(27)16-21-8-9-21)41-19-22-13-29(39)35(2)15-22/h3,5,7,10-11,14,17,21-22,25H,4,6,8-9,12-13,15-16,18-19,33H2,1-2H3. The van der Waals surface area contributed by atoms with Crippen molar-refractivity contribution in [3.05, 3.63) is 53.7 Å². The number of benzene rings is 1. The smallest absolute Gasteiger partial charge is 0.255 e. The molecule has 1 aromatic carbocycles. The van der Waals surface area contributed by atoms with Crippen LogP contribution in [0.25, 0.3) is 27.8 Å². The minimum Gasteiger partial charge on any atom is -0.491 e. The van der Waals surface area contributed by atoms with Gasteiger partial charge in [-0.25, -0.2) is 4.52 Å². The van der Waals surface area contributed by atoms with E-state index in [1.165, 1.54) is 12.8 Å². The van der Waals surface area contributed by atoms with E-state index < -0.39 is 0 Å². The van der Waals surface area contributed by atoms with Gasteiger partial charge in [-0.2, -0.15) is 5.10 Å². The number of aryl methyl sites for hydroxylation is 1. The number of ether oxygens (including phenoxy) is 1. The maximum Gasteiger partial charge on any atom is 0.255 e. The number of hydrogen-bond acceptors (Lipinski definition) is 5. The van der Waals surface area contributed by atoms with Crippen molar-refractivity contribution in [3.63, 3.8) is 0 Å². The van der Waals surface area contributed by atoms with Gasteiger partial charge in [0.05, 0.1) is 28.9 Å². The summed E-state index contributed by atoms with van der Waals surface area (Å²) in [5.41, 5.74) is 11.9. The largest absolute Gasteiger partial charge is 0.491 e. The lowest BCUT2D eigenvalue weighted by molar-refractivity contribution is -0.126. The minimum atomic E-state index is 0.0107. The zero-order chi connectivity index (χ0) is 28.2. The van der Waals surface area contributed by atoms with Crippen LogP contribution in [0.4, 0.5) is 0 Å². The van der Waals surface area contributed by atoms with E-state index >= 15 is 0 Å². The Labute approximate surface area is 239 Å². The van der Waals surface area contributed by atoms with Crippen LogP contribution in [0.2, 0.25) is 0 Å². The van der Waals surface area contributed by atoms with Crippen LogP contribution in [-0.4, -0.2) is 75.1 Å². The third kappa shape index (κ3) is 4.86. The first-order valence-electron chi connectivity index (χ1n) is 14.9. The molecule has 3 aromatic heterocycles. The minimum absolute atomic E-state index is 0.0107. The van der Waals surface area contributed by atoms with Crippen molar-refractivity contribution in [3.8, 4) is 17.1 Å². The molecule has 2 amide bonds. The number of pyridine rings is 1. The molecule has 2 unspecified atom stereocenters. The molecule has 5 heterocycles. The molecule has 1 saturated carbocycles. The van der Waals surface area contributed by atoms with Gasteiger partial charge in [0.1, 0.15) is 11.4 Å². The summed E-state index contributed by atoms with van der Waals surface area (Å²) in [5, 5.41) is 6.16. The normalized spacial score (nSPS) is 21.4. The van der Waals surface area contributed by atoms with Gasteiger partial charge in [0.2, 0.25) is 5.91 Å². The van der Waals surface area contributed by atoms with Crippen molar-refractivity contribution in [2.24, 2.45) is 17.6 Å². The SMILES string of the molecule is Cc1c(-c2cc3cccc(OCC4CC(=O)N(C)C4)c3n2CC2CC2)nn2cc(C(=O)N3CCCC(N)C3)ccc12. The summed E-state index contributed by atoms with van der Waals surface area (Å²) >= 11 is 0. The van der Waals surface area contributed by atoms with E-state index in [0.717, 1.165) is 71.6 Å². The van der Waals surface area contributed by atoms with Crippen LogP contribution in [0.1, 0.15) is 48.0 Å². The zero-order valence-electron chi connectivity index (χ0n) is 23.9. The first kappa shape index (κ1) is 26.1. The van der Waals surface area contributed by atoms with Crippen LogP contribution in [0.3, 0.4) is 0 Å². The summed E-state index contributed by atoms with van der Waals surface area (Å²) < 4.78 is 10.6. The Kier molecular flexibility index (Phi) is 6.49. The molecule has 9 heteroatoms. The number of rotatable bonds is 7. The average Bonchev–Trinajstić information content (AvgIpc) is 3.52. The lowest BCUT2D eigenvalue weighted by atomic mass is 10.1. The van der Waals surface area contributed by atoms with Gasteiger partial charge in [0, 0.05) is 68.8 Å². The number of nitrogens with two attached hydrogens (primary N) is 1. The predicted octanol–water partition coefficient (Wildman–Crippen LogP) is 4.09. The number of carbonyl (C=O) groups is 2. The monoisotopic (exact) mass is 554 g/mol. The second-order valence-electron chi connectivity index (χ2n) is 12.3. The highest BCUT2D eigenvalue weighted by atomic mass is 16.5. The van der Waals surface area contributed by atoms with Crippen molar-refractivity contribution in [2.75, 3.05) is 33.3 Å². The highest BCUT2D eigenvalue weighted by molar-refractivity contribution is 5.95. The summed E-state index contributed by atoms with van der Waals surface area (Å²) in [4.78, 5) is 29.0. The van der Waals surface area contributed by atoms with Gasteiger partial charge in [-0.1, -0.05) is 12.1 Å². The Morgan fingerprint density at radius 2 is 1.98 bits per heavy atom. The highest BCUT2D eigenvalue weighted by Crippen LogP contribution is 2.40. The van der Waals surface area contributed by atoms with Crippen molar-refractivity contribution in [1.29, 1.82) is 0 Å². The zero-order valence-corrected chi connectivity index (χ0v) is 23.9. The van der Waals surface area contributed by atoms with Crippen LogP contribution in [0, 0.1) is 18.8 Å². The molecule has 0 bridgehead atoms. The van der Waals surface area contributed by atoms with Crippen LogP contribution in [0.15, 0.2) is 42.6 Å². The van der Waals surface area contributed by atoms with Crippen LogP contribution in [-0.2, 0) is 11.3 Å². The predicted molar refractivity (Wildman–Crippen MR) is 158 cm³/mol. The molecule has 3 fully saturated rings. The number of fused-ring (bicyclic) bond motifs is 2. The quantitative estimate of drug-likeness (QED) is 0.371. The van der Waals surface area contributed by atoms with E-state index in [1.807, 2.05) is 46.9 Å². The Morgan fingerprint density at radius 3 is 2.73 bits per heavy atom. The number of piperidine rings is 1. The van der Waals surface area contributed by atoms with Crippen molar-refractivity contribution in [1.82, 2.24) is 24.0 Å². The van der Waals surface area contributed by atoms with Crippen LogP contribution >= 0.6 is 0 Å². The van der Waals surface area contributed by atoms with E-state index in [1.54, 1.807) is 4.90 Å². The molecule has 7 rings (SSSR count). The molecule has 1 aliphatic carbocycles. The highest BCUT2D eigenvalue weighted by Gasteiger charge is 2.29. The summed E-state index contributed by atoms with van der Waals surface area (Å²) in [6.07, 6.45) is 6.76. The fourth-order valence-electron chi connectivity index (χ4n) is 6.55. The summed E-state index contributed by atoms with van der Waals surface area (Å²) in [7, 11) is 1.86. The number of hydrogen-bond donors (Lipinski definition) is 1. The molecule has 41 heavy (non-hydrogen) atoms. The molecule has 214 valence electrons. The molecular formula is C32H38N6O3. The maximum atomic E-state index is 13.3. The average molecular weight is 555 g/mol. The first-order chi connectivity index (χ1) is 19.9. The van der Waals surface area contributed by atoms with E-state index in [9.17, 15) is 9.59 Å². The first-order valence-corrected chi connectivity index (χ1v) is 14.9. The summed E-state index contributed by atoms with van der Waals surface area (Å²) in [5.74, 6) is 1.90. The molecule has 2 N–H and O–H groups in total. The fourth-order valence-corrected chi connectivity index (χ4v) is 6.55. The van der Waals surface area contributed by atoms with E-state index in [-0.39, 0.29) is 23.8 Å². The Bertz CT molecular complexity index is 1650. The van der Waals surface area contributed by atoms with Crippen molar-refractivity contribution < 1.29 is 14.3 Å². The third-order valence-electron chi connectivity index (χ3n) is 9.03. The molecule has 0 radical (unpaired) electrons. The number of amides is 2. The Hall–Kier alpha value is -3.85. The second-order valence-corrected chi connectivity index (χ2v) is 12.3. The molecule has 9 nitrogen and oxygen atoms in total. The molecule has 0 spiro atoms. The summed E-state index contributed by atoms with van der Waals surface area (Å²) in [6.45, 7) is 5.61. The molecule has 2 atom stereocenters. The van der Waals surface area contributed by atoms with Crippen LogP contribution < -0.4 is 10.5 Å². The van der Waals surface area contributed by atoms with Crippen molar-refractivity contribution >= 4 is 28.2 Å². The topological polar surface area (TPSA) is 98.1 Å². The second kappa shape index (κ2) is 10.2. The molecule has 3 aliphatic rings. The van der Waals surface area contributed by atoms with Gasteiger partial charge in [0.15, 0.2) is 0 Å². The number of nitrogens with zero attached hydrogens (tertiary/aromatic N) is 5. The molecule has 2 saturated heterocycles. The van der Waals surface area contributed by atoms with Gasteiger partial charge in [0.25, 0.3) is 5.91 Å². The van der Waals surface area contributed by atoms with Crippen molar-refractivity contribution in [2.45, 2.75) is 51.6 Å². The van der Waals surface area contributed by atoms with Gasteiger partial charge in [-0.15, -0.1) is 0 Å². The van der Waals surface area contributed by atoms with E-state index in [2.05, 4.69) is 23.6 Å². The number of carbonyl (C=O) groups excluding carboxylic acids is 2. The Morgan fingerprint density at radius 1 is 1.12 bits per heavy atom. The van der Waals surface area contributed by atoms with Gasteiger partial charge < -0.3 is 24.8 Å². The molecule has 2 aliphatic heterocycles. The number of likely N-dealkylation sites (tertiary alicyclic amines) is 2. The van der Waals surface area contributed by atoms with Gasteiger partial charge >= 0.3 is 0 Å². The van der Waals surface area contributed by atoms with E-state index in [0.29, 0.717) is 31.1 Å². The third-order valence-corrected chi connectivity index (χ3v) is 9.03. The number of para-hydroxylation sites is 1. The molecule has 4 aromatic rings. The van der Waals surface area contributed by atoms with Gasteiger partial charge in [-0.05, 0) is 62.8 Å².